The highest BCUT2D eigenvalue weighted by atomic mass is 16.5. The first-order chi connectivity index (χ1) is 9.74. The smallest absolute Gasteiger partial charge is 0.126 e. The van der Waals surface area contributed by atoms with Gasteiger partial charge >= 0.3 is 0 Å². The summed E-state index contributed by atoms with van der Waals surface area (Å²) in [5.74, 6) is 1.95. The van der Waals surface area contributed by atoms with Crippen LogP contribution >= 0.6 is 0 Å². The Hall–Kier alpha value is -1.02. The molecular formula is C18H27NO. The molecule has 1 unspecified atom stereocenters. The van der Waals surface area contributed by atoms with Crippen molar-refractivity contribution in [2.45, 2.75) is 58.4 Å². The number of aryl methyl sites for hydroxylation is 2. The Morgan fingerprint density at radius 1 is 1.10 bits per heavy atom. The summed E-state index contributed by atoms with van der Waals surface area (Å²) in [5, 5.41) is 3.67. The van der Waals surface area contributed by atoms with Gasteiger partial charge < -0.3 is 10.1 Å². The van der Waals surface area contributed by atoms with Gasteiger partial charge in [0.25, 0.3) is 0 Å². The highest BCUT2D eigenvalue weighted by molar-refractivity contribution is 5.45. The lowest BCUT2D eigenvalue weighted by molar-refractivity contribution is 0.177. The molecule has 0 spiro atoms. The van der Waals surface area contributed by atoms with Crippen LogP contribution < -0.4 is 10.1 Å². The van der Waals surface area contributed by atoms with Crippen LogP contribution in [0.15, 0.2) is 12.1 Å². The van der Waals surface area contributed by atoms with Crippen LogP contribution in [0.5, 0.6) is 5.75 Å². The van der Waals surface area contributed by atoms with Gasteiger partial charge in [0.2, 0.25) is 0 Å². The molecule has 1 aromatic rings. The second-order valence-electron chi connectivity index (χ2n) is 6.61. The summed E-state index contributed by atoms with van der Waals surface area (Å²) in [6.45, 7) is 6.42. The van der Waals surface area contributed by atoms with Gasteiger partial charge in [-0.2, -0.15) is 0 Å². The van der Waals surface area contributed by atoms with Gasteiger partial charge in [0.15, 0.2) is 0 Å². The summed E-state index contributed by atoms with van der Waals surface area (Å²) in [4.78, 5) is 0. The predicted molar refractivity (Wildman–Crippen MR) is 83.3 cm³/mol. The van der Waals surface area contributed by atoms with Gasteiger partial charge in [0.1, 0.15) is 5.75 Å². The van der Waals surface area contributed by atoms with Crippen molar-refractivity contribution in [3.05, 3.63) is 28.8 Å². The molecule has 2 fully saturated rings. The van der Waals surface area contributed by atoms with Gasteiger partial charge in [0, 0.05) is 11.6 Å². The second-order valence-corrected chi connectivity index (χ2v) is 6.61. The SMILES string of the molecule is Cc1cc(C)c(OCC2CCC2)c(C2CCCCN2)c1. The molecule has 1 atom stereocenters. The number of hydrogen-bond acceptors (Lipinski definition) is 2. The lowest BCUT2D eigenvalue weighted by Crippen LogP contribution is -2.28. The fourth-order valence-corrected chi connectivity index (χ4v) is 3.42. The topological polar surface area (TPSA) is 21.3 Å². The van der Waals surface area contributed by atoms with Crippen molar-refractivity contribution in [1.29, 1.82) is 0 Å². The first-order valence-corrected chi connectivity index (χ1v) is 8.21. The molecule has 1 saturated carbocycles. The van der Waals surface area contributed by atoms with E-state index < -0.39 is 0 Å². The van der Waals surface area contributed by atoms with Crippen molar-refractivity contribution in [3.8, 4) is 5.75 Å². The van der Waals surface area contributed by atoms with E-state index in [-0.39, 0.29) is 0 Å². The molecule has 110 valence electrons. The molecular weight excluding hydrogens is 246 g/mol. The van der Waals surface area contributed by atoms with Gasteiger partial charge in [-0.25, -0.2) is 0 Å². The van der Waals surface area contributed by atoms with Gasteiger partial charge in [-0.05, 0) is 57.6 Å². The van der Waals surface area contributed by atoms with Crippen LogP contribution in [0.2, 0.25) is 0 Å². The van der Waals surface area contributed by atoms with Crippen LogP contribution in [0.1, 0.15) is 61.3 Å². The maximum absolute atomic E-state index is 6.24. The van der Waals surface area contributed by atoms with Crippen molar-refractivity contribution in [2.24, 2.45) is 5.92 Å². The molecule has 1 N–H and O–H groups in total. The average Bonchev–Trinajstić information content (AvgIpc) is 2.40. The number of hydrogen-bond donors (Lipinski definition) is 1. The van der Waals surface area contributed by atoms with Crippen LogP contribution in [0.25, 0.3) is 0 Å². The number of piperidine rings is 1. The number of ether oxygens (including phenoxy) is 1. The highest BCUT2D eigenvalue weighted by Crippen LogP contribution is 2.35. The Morgan fingerprint density at radius 2 is 1.95 bits per heavy atom. The molecule has 1 aliphatic carbocycles. The van der Waals surface area contributed by atoms with Gasteiger partial charge in [-0.3, -0.25) is 0 Å². The largest absolute Gasteiger partial charge is 0.493 e. The van der Waals surface area contributed by atoms with Crippen molar-refractivity contribution < 1.29 is 4.74 Å². The molecule has 3 rings (SSSR count). The van der Waals surface area contributed by atoms with Crippen LogP contribution in [0.3, 0.4) is 0 Å². The summed E-state index contributed by atoms with van der Waals surface area (Å²) in [6.07, 6.45) is 7.96. The predicted octanol–water partition coefficient (Wildman–Crippen LogP) is 4.30. The van der Waals surface area contributed by atoms with Crippen LogP contribution in [0.4, 0.5) is 0 Å². The zero-order chi connectivity index (χ0) is 13.9. The summed E-state index contributed by atoms with van der Waals surface area (Å²) in [7, 11) is 0. The molecule has 1 heterocycles. The third kappa shape index (κ3) is 3.01. The third-order valence-electron chi connectivity index (χ3n) is 4.82. The molecule has 0 amide bonds. The molecule has 2 aliphatic rings. The van der Waals surface area contributed by atoms with E-state index >= 15 is 0 Å². The lowest BCUT2D eigenvalue weighted by atomic mass is 9.86. The fraction of sp³-hybridized carbons (Fsp3) is 0.667. The Morgan fingerprint density at radius 3 is 2.60 bits per heavy atom. The van der Waals surface area contributed by atoms with E-state index in [4.69, 9.17) is 4.74 Å². The van der Waals surface area contributed by atoms with E-state index in [1.165, 1.54) is 55.2 Å². The second kappa shape index (κ2) is 6.17. The van der Waals surface area contributed by atoms with Gasteiger partial charge in [-0.1, -0.05) is 30.5 Å². The van der Waals surface area contributed by atoms with E-state index in [9.17, 15) is 0 Å². The lowest BCUT2D eigenvalue weighted by Gasteiger charge is -2.29. The van der Waals surface area contributed by atoms with Gasteiger partial charge in [0.05, 0.1) is 6.61 Å². The first-order valence-electron chi connectivity index (χ1n) is 8.21. The molecule has 20 heavy (non-hydrogen) atoms. The normalized spacial score (nSPS) is 23.4. The fourth-order valence-electron chi connectivity index (χ4n) is 3.42. The van der Waals surface area contributed by atoms with Crippen LogP contribution in [-0.4, -0.2) is 13.2 Å². The van der Waals surface area contributed by atoms with Crippen LogP contribution in [0, 0.1) is 19.8 Å². The number of rotatable bonds is 4. The molecule has 2 heteroatoms. The van der Waals surface area contributed by atoms with E-state index in [0.29, 0.717) is 6.04 Å². The maximum Gasteiger partial charge on any atom is 0.126 e. The minimum atomic E-state index is 0.485. The summed E-state index contributed by atoms with van der Waals surface area (Å²) >= 11 is 0. The minimum Gasteiger partial charge on any atom is -0.493 e. The van der Waals surface area contributed by atoms with Crippen molar-refractivity contribution in [1.82, 2.24) is 5.32 Å². The Labute approximate surface area is 122 Å². The van der Waals surface area contributed by atoms with E-state index in [0.717, 1.165) is 24.8 Å². The standard InChI is InChI=1S/C18H27NO/c1-13-10-14(2)18(20-12-15-6-5-7-15)16(11-13)17-8-3-4-9-19-17/h10-11,15,17,19H,3-9,12H2,1-2H3. The molecule has 1 aromatic carbocycles. The Bertz CT molecular complexity index is 459. The average molecular weight is 273 g/mol. The molecule has 0 aromatic heterocycles. The summed E-state index contributed by atoms with van der Waals surface area (Å²) < 4.78 is 6.24. The van der Waals surface area contributed by atoms with E-state index in [2.05, 4.69) is 31.3 Å². The van der Waals surface area contributed by atoms with Crippen LogP contribution in [-0.2, 0) is 0 Å². The summed E-state index contributed by atoms with van der Waals surface area (Å²) in [5.41, 5.74) is 4.04. The highest BCUT2D eigenvalue weighted by Gasteiger charge is 2.23. The monoisotopic (exact) mass is 273 g/mol. The molecule has 0 radical (unpaired) electrons. The Balaban J connectivity index is 1.80. The number of benzene rings is 1. The van der Waals surface area contributed by atoms with Crippen molar-refractivity contribution in [3.63, 3.8) is 0 Å². The van der Waals surface area contributed by atoms with Gasteiger partial charge in [-0.15, -0.1) is 0 Å². The zero-order valence-electron chi connectivity index (χ0n) is 12.9. The third-order valence-corrected chi connectivity index (χ3v) is 4.82. The molecule has 0 bridgehead atoms. The van der Waals surface area contributed by atoms with Crippen molar-refractivity contribution >= 4 is 0 Å². The molecule has 1 aliphatic heterocycles. The quantitative estimate of drug-likeness (QED) is 0.883. The van der Waals surface area contributed by atoms with Crippen molar-refractivity contribution in [2.75, 3.05) is 13.2 Å². The number of nitrogens with one attached hydrogen (secondary N) is 1. The molecule has 1 saturated heterocycles. The van der Waals surface area contributed by atoms with E-state index in [1.54, 1.807) is 0 Å². The summed E-state index contributed by atoms with van der Waals surface area (Å²) in [6, 6.07) is 5.06. The Kier molecular flexibility index (Phi) is 4.30. The zero-order valence-corrected chi connectivity index (χ0v) is 12.9. The maximum atomic E-state index is 6.24. The first kappa shape index (κ1) is 13.9. The van der Waals surface area contributed by atoms with E-state index in [1.807, 2.05) is 0 Å². The molecule has 2 nitrogen and oxygen atoms in total. The minimum absolute atomic E-state index is 0.485.